The number of sulfone groups is 1. The molecule has 86 valence electrons. The molecule has 0 amide bonds. The van der Waals surface area contributed by atoms with Crippen molar-refractivity contribution >= 4 is 9.84 Å². The van der Waals surface area contributed by atoms with Crippen molar-refractivity contribution in [2.75, 3.05) is 6.54 Å². The average Bonchev–Trinajstić information content (AvgIpc) is 2.82. The average molecular weight is 237 g/mol. The second kappa shape index (κ2) is 4.29. The molecule has 1 aromatic rings. The van der Waals surface area contributed by atoms with Gasteiger partial charge in [0.2, 0.25) is 9.84 Å². The lowest BCUT2D eigenvalue weighted by Crippen LogP contribution is -2.11. The van der Waals surface area contributed by atoms with Crippen LogP contribution in [0.4, 0.5) is 0 Å². The summed E-state index contributed by atoms with van der Waals surface area (Å²) >= 11 is 0. The van der Waals surface area contributed by atoms with Gasteiger partial charge in [-0.1, -0.05) is 18.2 Å². The van der Waals surface area contributed by atoms with E-state index in [0.29, 0.717) is 9.80 Å². The van der Waals surface area contributed by atoms with Gasteiger partial charge in [-0.05, 0) is 31.9 Å². The molecular weight excluding hydrogens is 222 g/mol. The predicted molar refractivity (Wildman–Crippen MR) is 63.6 cm³/mol. The van der Waals surface area contributed by atoms with Gasteiger partial charge in [0.05, 0.1) is 9.80 Å². The first kappa shape index (κ1) is 11.2. The largest absolute Gasteiger partial charge is 0.388 e. The molecule has 1 heterocycles. The van der Waals surface area contributed by atoms with Crippen molar-refractivity contribution in [3.05, 3.63) is 40.9 Å². The normalized spacial score (nSPS) is 19.3. The van der Waals surface area contributed by atoms with Crippen molar-refractivity contribution in [1.82, 2.24) is 5.32 Å². The monoisotopic (exact) mass is 237 g/mol. The Balaban J connectivity index is 2.44. The minimum Gasteiger partial charge on any atom is -0.388 e. The number of benzene rings is 1. The maximum atomic E-state index is 12.2. The van der Waals surface area contributed by atoms with Gasteiger partial charge in [0.1, 0.15) is 0 Å². The third-order valence-electron chi connectivity index (χ3n) is 2.82. The SMILES string of the molecule is C/C(=C1\CCCN1)S(=O)(=O)c1ccccc1. The molecule has 3 nitrogen and oxygen atoms in total. The van der Waals surface area contributed by atoms with E-state index in [-0.39, 0.29) is 0 Å². The van der Waals surface area contributed by atoms with Gasteiger partial charge in [-0.2, -0.15) is 0 Å². The molecule has 0 atom stereocenters. The first-order chi connectivity index (χ1) is 7.62. The molecule has 1 fully saturated rings. The van der Waals surface area contributed by atoms with E-state index in [1.54, 1.807) is 31.2 Å². The quantitative estimate of drug-likeness (QED) is 0.856. The third-order valence-corrected chi connectivity index (χ3v) is 4.77. The Hall–Kier alpha value is -1.29. The van der Waals surface area contributed by atoms with Crippen molar-refractivity contribution in [2.45, 2.75) is 24.7 Å². The van der Waals surface area contributed by atoms with Crippen LogP contribution in [-0.4, -0.2) is 15.0 Å². The highest BCUT2D eigenvalue weighted by atomic mass is 32.2. The van der Waals surface area contributed by atoms with Crippen LogP contribution in [0.2, 0.25) is 0 Å². The third kappa shape index (κ3) is 1.97. The van der Waals surface area contributed by atoms with Crippen molar-refractivity contribution in [3.63, 3.8) is 0 Å². The summed E-state index contributed by atoms with van der Waals surface area (Å²) in [5.41, 5.74) is 0.865. The molecule has 0 aliphatic carbocycles. The Morgan fingerprint density at radius 2 is 1.94 bits per heavy atom. The number of allylic oxidation sites excluding steroid dienone is 2. The molecule has 0 aromatic heterocycles. The van der Waals surface area contributed by atoms with Gasteiger partial charge in [-0.25, -0.2) is 8.42 Å². The minimum absolute atomic E-state index is 0.369. The summed E-state index contributed by atoms with van der Waals surface area (Å²) in [6.07, 6.45) is 1.84. The molecule has 4 heteroatoms. The summed E-state index contributed by atoms with van der Waals surface area (Å²) < 4.78 is 24.4. The second-order valence-electron chi connectivity index (χ2n) is 3.88. The van der Waals surface area contributed by atoms with E-state index >= 15 is 0 Å². The molecule has 0 bridgehead atoms. The van der Waals surface area contributed by atoms with Gasteiger partial charge in [0, 0.05) is 12.2 Å². The van der Waals surface area contributed by atoms with Crippen LogP contribution in [0.15, 0.2) is 45.8 Å². The van der Waals surface area contributed by atoms with Crippen LogP contribution in [0.5, 0.6) is 0 Å². The van der Waals surface area contributed by atoms with Crippen molar-refractivity contribution in [3.8, 4) is 0 Å². The Bertz CT molecular complexity index is 495. The first-order valence-electron chi connectivity index (χ1n) is 5.36. The van der Waals surface area contributed by atoms with Crippen LogP contribution in [-0.2, 0) is 9.84 Å². The molecular formula is C12H15NO2S. The Kier molecular flexibility index (Phi) is 3.01. The van der Waals surface area contributed by atoms with Crippen molar-refractivity contribution in [1.29, 1.82) is 0 Å². The van der Waals surface area contributed by atoms with E-state index < -0.39 is 9.84 Å². The van der Waals surface area contributed by atoms with Gasteiger partial charge >= 0.3 is 0 Å². The van der Waals surface area contributed by atoms with E-state index in [9.17, 15) is 8.42 Å². The zero-order valence-corrected chi connectivity index (χ0v) is 10.0. The van der Waals surface area contributed by atoms with Crippen LogP contribution in [0.3, 0.4) is 0 Å². The fourth-order valence-corrected chi connectivity index (χ4v) is 3.20. The smallest absolute Gasteiger partial charge is 0.204 e. The summed E-state index contributed by atoms with van der Waals surface area (Å²) in [7, 11) is -3.31. The lowest BCUT2D eigenvalue weighted by molar-refractivity contribution is 0.601. The Labute approximate surface area is 96.1 Å². The standard InChI is InChI=1S/C12H15NO2S/c1-10(12-8-5-9-13-12)16(14,15)11-6-3-2-4-7-11/h2-4,6-7,13H,5,8-9H2,1H3/b12-10-. The van der Waals surface area contributed by atoms with E-state index in [1.165, 1.54) is 0 Å². The second-order valence-corrected chi connectivity index (χ2v) is 5.97. The number of hydrogen-bond acceptors (Lipinski definition) is 3. The van der Waals surface area contributed by atoms with Crippen molar-refractivity contribution in [2.24, 2.45) is 0 Å². The highest BCUT2D eigenvalue weighted by Crippen LogP contribution is 2.24. The summed E-state index contributed by atoms with van der Waals surface area (Å²) in [4.78, 5) is 0.824. The molecule has 0 spiro atoms. The predicted octanol–water partition coefficient (Wildman–Crippen LogP) is 2.08. The molecule has 1 aromatic carbocycles. The van der Waals surface area contributed by atoms with Gasteiger partial charge < -0.3 is 5.32 Å². The molecule has 0 radical (unpaired) electrons. The molecule has 2 rings (SSSR count). The lowest BCUT2D eigenvalue weighted by atomic mass is 10.3. The number of rotatable bonds is 2. The fourth-order valence-electron chi connectivity index (χ4n) is 1.83. The summed E-state index contributed by atoms with van der Waals surface area (Å²) in [6.45, 7) is 2.55. The highest BCUT2D eigenvalue weighted by Gasteiger charge is 2.21. The Morgan fingerprint density at radius 3 is 2.50 bits per heavy atom. The molecule has 1 aliphatic heterocycles. The van der Waals surface area contributed by atoms with Crippen molar-refractivity contribution < 1.29 is 8.42 Å². The van der Waals surface area contributed by atoms with Crippen LogP contribution in [0, 0.1) is 0 Å². The molecule has 16 heavy (non-hydrogen) atoms. The van der Waals surface area contributed by atoms with Gasteiger partial charge in [-0.15, -0.1) is 0 Å². The van der Waals surface area contributed by atoms with E-state index in [2.05, 4.69) is 5.32 Å². The van der Waals surface area contributed by atoms with E-state index in [1.807, 2.05) is 6.07 Å². The summed E-state index contributed by atoms with van der Waals surface area (Å²) in [5, 5.41) is 3.13. The maximum Gasteiger partial charge on any atom is 0.204 e. The number of hydrogen-bond donors (Lipinski definition) is 1. The molecule has 1 aliphatic rings. The summed E-state index contributed by atoms with van der Waals surface area (Å²) in [5.74, 6) is 0. The molecule has 1 saturated heterocycles. The first-order valence-corrected chi connectivity index (χ1v) is 6.84. The highest BCUT2D eigenvalue weighted by molar-refractivity contribution is 7.95. The molecule has 0 unspecified atom stereocenters. The number of nitrogens with one attached hydrogen (secondary N) is 1. The van der Waals surface area contributed by atoms with Crippen LogP contribution in [0.25, 0.3) is 0 Å². The van der Waals surface area contributed by atoms with Crippen LogP contribution < -0.4 is 5.32 Å². The molecule has 1 N–H and O–H groups in total. The molecule has 0 saturated carbocycles. The van der Waals surface area contributed by atoms with Gasteiger partial charge in [-0.3, -0.25) is 0 Å². The Morgan fingerprint density at radius 1 is 1.25 bits per heavy atom. The fraction of sp³-hybridized carbons (Fsp3) is 0.333. The zero-order chi connectivity index (χ0) is 11.6. The van der Waals surface area contributed by atoms with Crippen LogP contribution in [0.1, 0.15) is 19.8 Å². The minimum atomic E-state index is -3.31. The summed E-state index contributed by atoms with van der Waals surface area (Å²) in [6, 6.07) is 8.57. The lowest BCUT2D eigenvalue weighted by Gasteiger charge is -2.08. The van der Waals surface area contributed by atoms with Crippen LogP contribution >= 0.6 is 0 Å². The maximum absolute atomic E-state index is 12.2. The zero-order valence-electron chi connectivity index (χ0n) is 9.23. The van der Waals surface area contributed by atoms with E-state index in [4.69, 9.17) is 0 Å². The van der Waals surface area contributed by atoms with Gasteiger partial charge in [0.25, 0.3) is 0 Å². The van der Waals surface area contributed by atoms with E-state index in [0.717, 1.165) is 25.1 Å². The topological polar surface area (TPSA) is 46.2 Å². The van der Waals surface area contributed by atoms with Gasteiger partial charge in [0.15, 0.2) is 0 Å².